The van der Waals surface area contributed by atoms with Crippen LogP contribution in [0.1, 0.15) is 23.2 Å². The second-order valence-corrected chi connectivity index (χ2v) is 7.02. The Hall–Kier alpha value is -3.94. The summed E-state index contributed by atoms with van der Waals surface area (Å²) in [6.07, 6.45) is 2.54. The van der Waals surface area contributed by atoms with Gasteiger partial charge in [0.15, 0.2) is 6.61 Å². The first-order valence-corrected chi connectivity index (χ1v) is 9.86. The van der Waals surface area contributed by atoms with E-state index in [0.717, 1.165) is 10.6 Å². The van der Waals surface area contributed by atoms with E-state index in [0.29, 0.717) is 36.4 Å². The van der Waals surface area contributed by atoms with Crippen molar-refractivity contribution in [2.45, 2.75) is 12.8 Å². The maximum atomic E-state index is 12.9. The van der Waals surface area contributed by atoms with Crippen LogP contribution in [-0.2, 0) is 14.3 Å². The molecule has 0 aliphatic carbocycles. The van der Waals surface area contributed by atoms with Crippen molar-refractivity contribution in [2.24, 2.45) is 0 Å². The maximum Gasteiger partial charge on any atom is 0.342 e. The van der Waals surface area contributed by atoms with Gasteiger partial charge in [0.05, 0.1) is 12.8 Å². The first-order valence-electron chi connectivity index (χ1n) is 9.86. The van der Waals surface area contributed by atoms with Crippen molar-refractivity contribution >= 4 is 17.8 Å². The molecule has 8 heteroatoms. The van der Waals surface area contributed by atoms with Crippen LogP contribution in [0.3, 0.4) is 0 Å². The molecule has 1 aromatic heterocycles. The Balaban J connectivity index is 1.61. The second kappa shape index (κ2) is 8.83. The summed E-state index contributed by atoms with van der Waals surface area (Å²) in [5, 5.41) is 4.57. The second-order valence-electron chi connectivity index (χ2n) is 7.02. The van der Waals surface area contributed by atoms with Crippen molar-refractivity contribution in [3.8, 4) is 22.7 Å². The van der Waals surface area contributed by atoms with Gasteiger partial charge in [0.2, 0.25) is 5.91 Å². The number of carbonyl (C=O) groups is 3. The Bertz CT molecular complexity index is 1110. The molecule has 0 atom stereocenters. The summed E-state index contributed by atoms with van der Waals surface area (Å²) in [4.78, 5) is 37.9. The molecule has 1 aliphatic heterocycles. The van der Waals surface area contributed by atoms with Crippen LogP contribution < -0.4 is 4.74 Å². The molecule has 0 unspecified atom stereocenters. The minimum Gasteiger partial charge on any atom is -0.497 e. The number of benzene rings is 2. The van der Waals surface area contributed by atoms with Crippen molar-refractivity contribution in [3.05, 3.63) is 66.4 Å². The molecule has 8 nitrogen and oxygen atoms in total. The molecule has 0 bridgehead atoms. The topological polar surface area (TPSA) is 90.7 Å². The number of likely N-dealkylation sites (tertiary alicyclic amines) is 1. The summed E-state index contributed by atoms with van der Waals surface area (Å²) in [6, 6.07) is 16.5. The standard InChI is InChI=1S/C23H21N3O5/c1-30-18-11-9-16(10-12-18)22-19(14-26(24-22)17-6-3-2-4-7-17)23(29)31-15-21(28)25-13-5-8-20(25)27/h2-4,6-7,9-12,14H,5,8,13,15H2,1H3. The van der Waals surface area contributed by atoms with Crippen molar-refractivity contribution in [1.29, 1.82) is 0 Å². The van der Waals surface area contributed by atoms with E-state index in [1.54, 1.807) is 42.3 Å². The molecule has 2 aromatic carbocycles. The zero-order valence-corrected chi connectivity index (χ0v) is 17.0. The predicted molar refractivity (Wildman–Crippen MR) is 112 cm³/mol. The smallest absolute Gasteiger partial charge is 0.342 e. The summed E-state index contributed by atoms with van der Waals surface area (Å²) in [6.45, 7) is -0.138. The number of imide groups is 1. The van der Waals surface area contributed by atoms with Crippen LogP contribution >= 0.6 is 0 Å². The number of hydrogen-bond acceptors (Lipinski definition) is 6. The molecule has 1 aliphatic rings. The Labute approximate surface area is 179 Å². The minimum atomic E-state index is -0.687. The van der Waals surface area contributed by atoms with E-state index in [2.05, 4.69) is 5.10 Å². The van der Waals surface area contributed by atoms with Gasteiger partial charge in [-0.1, -0.05) is 18.2 Å². The number of hydrogen-bond donors (Lipinski definition) is 0. The lowest BCUT2D eigenvalue weighted by atomic mass is 10.1. The van der Waals surface area contributed by atoms with Crippen molar-refractivity contribution < 1.29 is 23.9 Å². The molecule has 0 radical (unpaired) electrons. The highest BCUT2D eigenvalue weighted by Crippen LogP contribution is 2.26. The number of methoxy groups -OCH3 is 1. The fourth-order valence-electron chi connectivity index (χ4n) is 3.39. The number of rotatable bonds is 6. The molecule has 31 heavy (non-hydrogen) atoms. The first kappa shape index (κ1) is 20.3. The number of ether oxygens (including phenoxy) is 2. The zero-order valence-electron chi connectivity index (χ0n) is 17.0. The molecule has 3 aromatic rings. The Kier molecular flexibility index (Phi) is 5.79. The molecular weight excluding hydrogens is 398 g/mol. The first-order chi connectivity index (χ1) is 15.1. The summed E-state index contributed by atoms with van der Waals surface area (Å²) in [5.41, 5.74) is 2.11. The number of aromatic nitrogens is 2. The third kappa shape index (κ3) is 4.32. The van der Waals surface area contributed by atoms with E-state index in [9.17, 15) is 14.4 Å². The summed E-state index contributed by atoms with van der Waals surface area (Å²) in [7, 11) is 1.57. The summed E-state index contributed by atoms with van der Waals surface area (Å²) in [5.74, 6) is -0.765. The zero-order chi connectivity index (χ0) is 21.8. The maximum absolute atomic E-state index is 12.9. The van der Waals surface area contributed by atoms with Crippen molar-refractivity contribution in [2.75, 3.05) is 20.3 Å². The Morgan fingerprint density at radius 2 is 1.81 bits per heavy atom. The van der Waals surface area contributed by atoms with Gasteiger partial charge >= 0.3 is 5.97 Å². The van der Waals surface area contributed by atoms with Crippen LogP contribution in [0.4, 0.5) is 0 Å². The molecule has 1 fully saturated rings. The number of esters is 1. The molecule has 1 saturated heterocycles. The van der Waals surface area contributed by atoms with Crippen LogP contribution in [0.25, 0.3) is 16.9 Å². The van der Waals surface area contributed by atoms with Gasteiger partial charge in [0.1, 0.15) is 17.0 Å². The Morgan fingerprint density at radius 1 is 1.06 bits per heavy atom. The molecular formula is C23H21N3O5. The third-order valence-electron chi connectivity index (χ3n) is 5.02. The van der Waals surface area contributed by atoms with E-state index in [-0.39, 0.29) is 11.5 Å². The fourth-order valence-corrected chi connectivity index (χ4v) is 3.39. The number of para-hydroxylation sites is 1. The van der Waals surface area contributed by atoms with Gasteiger partial charge in [-0.3, -0.25) is 14.5 Å². The highest BCUT2D eigenvalue weighted by molar-refractivity contribution is 6.00. The average Bonchev–Trinajstić information content (AvgIpc) is 3.45. The van der Waals surface area contributed by atoms with Crippen LogP contribution in [0.15, 0.2) is 60.8 Å². The van der Waals surface area contributed by atoms with Gasteiger partial charge in [-0.15, -0.1) is 0 Å². The van der Waals surface area contributed by atoms with Gasteiger partial charge < -0.3 is 9.47 Å². The van der Waals surface area contributed by atoms with Crippen LogP contribution in [0.2, 0.25) is 0 Å². The number of amides is 2. The van der Waals surface area contributed by atoms with Crippen LogP contribution in [0, 0.1) is 0 Å². The summed E-state index contributed by atoms with van der Waals surface area (Å²) < 4.78 is 12.0. The van der Waals surface area contributed by atoms with Gasteiger partial charge in [0, 0.05) is 24.7 Å². The lowest BCUT2D eigenvalue weighted by molar-refractivity contribution is -0.143. The van der Waals surface area contributed by atoms with Crippen molar-refractivity contribution in [1.82, 2.24) is 14.7 Å². The minimum absolute atomic E-state index is 0.217. The molecule has 0 N–H and O–H groups in total. The quantitative estimate of drug-likeness (QED) is 0.571. The lowest BCUT2D eigenvalue weighted by Gasteiger charge is -2.13. The van der Waals surface area contributed by atoms with Crippen molar-refractivity contribution in [3.63, 3.8) is 0 Å². The van der Waals surface area contributed by atoms with E-state index in [1.165, 1.54) is 0 Å². The molecule has 2 amide bonds. The Morgan fingerprint density at radius 3 is 2.45 bits per heavy atom. The van der Waals surface area contributed by atoms with Gasteiger partial charge in [-0.05, 0) is 42.8 Å². The number of carbonyl (C=O) groups excluding carboxylic acids is 3. The largest absolute Gasteiger partial charge is 0.497 e. The SMILES string of the molecule is COc1ccc(-c2nn(-c3ccccc3)cc2C(=O)OCC(=O)N2CCCC2=O)cc1. The fraction of sp³-hybridized carbons (Fsp3) is 0.217. The van der Waals surface area contributed by atoms with E-state index < -0.39 is 18.5 Å². The third-order valence-corrected chi connectivity index (χ3v) is 5.02. The molecule has 0 saturated carbocycles. The molecule has 2 heterocycles. The highest BCUT2D eigenvalue weighted by atomic mass is 16.5. The normalized spacial score (nSPS) is 13.3. The van der Waals surface area contributed by atoms with Gasteiger partial charge in [-0.25, -0.2) is 9.48 Å². The van der Waals surface area contributed by atoms with E-state index >= 15 is 0 Å². The molecule has 0 spiro atoms. The summed E-state index contributed by atoms with van der Waals surface area (Å²) >= 11 is 0. The van der Waals surface area contributed by atoms with E-state index in [1.807, 2.05) is 30.3 Å². The monoisotopic (exact) mass is 419 g/mol. The highest BCUT2D eigenvalue weighted by Gasteiger charge is 2.28. The molecule has 158 valence electrons. The van der Waals surface area contributed by atoms with Crippen LogP contribution in [-0.4, -0.2) is 52.7 Å². The van der Waals surface area contributed by atoms with Crippen LogP contribution in [0.5, 0.6) is 5.75 Å². The van der Waals surface area contributed by atoms with Gasteiger partial charge in [0.25, 0.3) is 5.91 Å². The number of nitrogens with zero attached hydrogens (tertiary/aromatic N) is 3. The lowest BCUT2D eigenvalue weighted by Crippen LogP contribution is -2.35. The van der Waals surface area contributed by atoms with E-state index in [4.69, 9.17) is 9.47 Å². The molecule has 4 rings (SSSR count). The van der Waals surface area contributed by atoms with Gasteiger partial charge in [-0.2, -0.15) is 5.10 Å². The average molecular weight is 419 g/mol. The predicted octanol–water partition coefficient (Wildman–Crippen LogP) is 2.85.